The molecule has 1 saturated heterocycles. The third-order valence-corrected chi connectivity index (χ3v) is 5.29. The second kappa shape index (κ2) is 10.7. The van der Waals surface area contributed by atoms with Crippen LogP contribution >= 0.6 is 0 Å². The lowest BCUT2D eigenvalue weighted by Crippen LogP contribution is -2.45. The number of hydrogen-bond donors (Lipinski definition) is 1. The van der Waals surface area contributed by atoms with E-state index < -0.39 is 6.04 Å². The fourth-order valence-corrected chi connectivity index (χ4v) is 3.60. The Bertz CT molecular complexity index is 854. The van der Waals surface area contributed by atoms with E-state index in [1.807, 2.05) is 36.4 Å². The number of carbonyl (C=O) groups is 2. The first kappa shape index (κ1) is 21.7. The second-order valence-corrected chi connectivity index (χ2v) is 7.43. The van der Waals surface area contributed by atoms with Crippen molar-refractivity contribution in [2.45, 2.75) is 45.2 Å². The average Bonchev–Trinajstić information content (AvgIpc) is 3.28. The van der Waals surface area contributed by atoms with E-state index >= 15 is 0 Å². The molecule has 2 aromatic carbocycles. The van der Waals surface area contributed by atoms with Gasteiger partial charge in [0.2, 0.25) is 5.91 Å². The van der Waals surface area contributed by atoms with Crippen molar-refractivity contribution in [2.75, 3.05) is 20.3 Å². The number of unbranched alkanes of at least 4 members (excludes halogenated alkanes) is 1. The SMILES string of the molecule is CCCCOc1ccc(CNC(=O)C2CCCN2C(=O)c2ccccc2)cc1OC. The highest BCUT2D eigenvalue weighted by molar-refractivity contribution is 5.97. The summed E-state index contributed by atoms with van der Waals surface area (Å²) in [5, 5.41) is 2.97. The summed E-state index contributed by atoms with van der Waals surface area (Å²) in [4.78, 5) is 27.3. The topological polar surface area (TPSA) is 67.9 Å². The summed E-state index contributed by atoms with van der Waals surface area (Å²) >= 11 is 0. The quantitative estimate of drug-likeness (QED) is 0.639. The lowest BCUT2D eigenvalue weighted by Gasteiger charge is -2.24. The molecule has 6 nitrogen and oxygen atoms in total. The molecule has 1 atom stereocenters. The molecule has 0 spiro atoms. The Labute approximate surface area is 178 Å². The van der Waals surface area contributed by atoms with Crippen molar-refractivity contribution >= 4 is 11.8 Å². The first-order valence-corrected chi connectivity index (χ1v) is 10.6. The molecule has 0 saturated carbocycles. The van der Waals surface area contributed by atoms with E-state index in [0.717, 1.165) is 24.8 Å². The van der Waals surface area contributed by atoms with Crippen molar-refractivity contribution in [3.8, 4) is 11.5 Å². The van der Waals surface area contributed by atoms with Crippen LogP contribution in [0.25, 0.3) is 0 Å². The molecule has 2 aromatic rings. The molecule has 3 rings (SSSR count). The zero-order valence-corrected chi connectivity index (χ0v) is 17.7. The predicted octanol–water partition coefficient (Wildman–Crippen LogP) is 3.80. The largest absolute Gasteiger partial charge is 0.493 e. The monoisotopic (exact) mass is 410 g/mol. The normalized spacial score (nSPS) is 15.7. The standard InChI is InChI=1S/C24H30N2O4/c1-3-4-15-30-21-13-12-18(16-22(21)29-2)17-25-23(27)20-11-8-14-26(20)24(28)19-9-6-5-7-10-19/h5-7,9-10,12-13,16,20H,3-4,8,11,14-15,17H2,1-2H3,(H,25,27). The number of nitrogens with zero attached hydrogens (tertiary/aromatic N) is 1. The smallest absolute Gasteiger partial charge is 0.254 e. The molecule has 2 amide bonds. The van der Waals surface area contributed by atoms with Crippen molar-refractivity contribution in [1.29, 1.82) is 0 Å². The fraction of sp³-hybridized carbons (Fsp3) is 0.417. The van der Waals surface area contributed by atoms with Crippen LogP contribution < -0.4 is 14.8 Å². The Morgan fingerprint density at radius 3 is 2.67 bits per heavy atom. The van der Waals surface area contributed by atoms with Crippen LogP contribution in [-0.4, -0.2) is 43.0 Å². The van der Waals surface area contributed by atoms with Crippen molar-refractivity contribution in [3.05, 3.63) is 59.7 Å². The number of hydrogen-bond acceptors (Lipinski definition) is 4. The molecule has 1 fully saturated rings. The number of carbonyl (C=O) groups excluding carboxylic acids is 2. The Kier molecular flexibility index (Phi) is 7.71. The minimum Gasteiger partial charge on any atom is -0.493 e. The zero-order chi connectivity index (χ0) is 21.3. The number of rotatable bonds is 9. The van der Waals surface area contributed by atoms with E-state index in [2.05, 4.69) is 12.2 Å². The molecular weight excluding hydrogens is 380 g/mol. The summed E-state index contributed by atoms with van der Waals surface area (Å²) in [6.45, 7) is 3.74. The Morgan fingerprint density at radius 1 is 1.13 bits per heavy atom. The Morgan fingerprint density at radius 2 is 1.93 bits per heavy atom. The van der Waals surface area contributed by atoms with Gasteiger partial charge in [-0.25, -0.2) is 0 Å². The van der Waals surface area contributed by atoms with Crippen LogP contribution in [-0.2, 0) is 11.3 Å². The molecule has 6 heteroatoms. The highest BCUT2D eigenvalue weighted by Crippen LogP contribution is 2.28. The maximum atomic E-state index is 12.8. The van der Waals surface area contributed by atoms with Gasteiger partial charge in [-0.3, -0.25) is 9.59 Å². The number of ether oxygens (including phenoxy) is 2. The minimum atomic E-state index is -0.434. The van der Waals surface area contributed by atoms with Gasteiger partial charge in [-0.05, 0) is 49.1 Å². The second-order valence-electron chi connectivity index (χ2n) is 7.43. The summed E-state index contributed by atoms with van der Waals surface area (Å²) in [5.41, 5.74) is 1.53. The van der Waals surface area contributed by atoms with Gasteiger partial charge >= 0.3 is 0 Å². The fourth-order valence-electron chi connectivity index (χ4n) is 3.60. The van der Waals surface area contributed by atoms with E-state index in [1.54, 1.807) is 24.1 Å². The summed E-state index contributed by atoms with van der Waals surface area (Å²) in [6.07, 6.45) is 3.56. The summed E-state index contributed by atoms with van der Waals surface area (Å²) in [5.74, 6) is 1.14. The molecule has 1 unspecified atom stereocenters. The number of amides is 2. The van der Waals surface area contributed by atoms with Gasteiger partial charge in [-0.2, -0.15) is 0 Å². The maximum Gasteiger partial charge on any atom is 0.254 e. The van der Waals surface area contributed by atoms with Crippen LogP contribution in [0.3, 0.4) is 0 Å². The molecule has 1 heterocycles. The van der Waals surface area contributed by atoms with E-state index in [9.17, 15) is 9.59 Å². The first-order valence-electron chi connectivity index (χ1n) is 10.6. The molecule has 0 aliphatic carbocycles. The third-order valence-electron chi connectivity index (χ3n) is 5.29. The van der Waals surface area contributed by atoms with Crippen molar-refractivity contribution in [2.24, 2.45) is 0 Å². The summed E-state index contributed by atoms with van der Waals surface area (Å²) < 4.78 is 11.2. The minimum absolute atomic E-state index is 0.0940. The van der Waals surface area contributed by atoms with Gasteiger partial charge in [0.15, 0.2) is 11.5 Å². The van der Waals surface area contributed by atoms with E-state index in [0.29, 0.717) is 43.2 Å². The molecule has 0 bridgehead atoms. The molecule has 160 valence electrons. The highest BCUT2D eigenvalue weighted by atomic mass is 16.5. The van der Waals surface area contributed by atoms with Gasteiger partial charge in [0.05, 0.1) is 13.7 Å². The zero-order valence-electron chi connectivity index (χ0n) is 17.7. The molecule has 30 heavy (non-hydrogen) atoms. The van der Waals surface area contributed by atoms with Crippen LogP contribution in [0.1, 0.15) is 48.5 Å². The summed E-state index contributed by atoms with van der Waals surface area (Å²) in [6, 6.07) is 14.3. The van der Waals surface area contributed by atoms with Crippen molar-refractivity contribution in [3.63, 3.8) is 0 Å². The number of nitrogens with one attached hydrogen (secondary N) is 1. The van der Waals surface area contributed by atoms with Crippen LogP contribution in [0.4, 0.5) is 0 Å². The van der Waals surface area contributed by atoms with Gasteiger partial charge in [-0.15, -0.1) is 0 Å². The van der Waals surface area contributed by atoms with E-state index in [4.69, 9.17) is 9.47 Å². The first-order chi connectivity index (χ1) is 14.6. The molecular formula is C24H30N2O4. The third kappa shape index (κ3) is 5.32. The van der Waals surface area contributed by atoms with Crippen LogP contribution in [0, 0.1) is 0 Å². The lowest BCUT2D eigenvalue weighted by atomic mass is 10.1. The number of benzene rings is 2. The van der Waals surface area contributed by atoms with Crippen molar-refractivity contribution in [1.82, 2.24) is 10.2 Å². The molecule has 0 radical (unpaired) electrons. The number of methoxy groups -OCH3 is 1. The molecule has 1 aliphatic rings. The molecule has 1 N–H and O–H groups in total. The van der Waals surface area contributed by atoms with Crippen LogP contribution in [0.15, 0.2) is 48.5 Å². The van der Waals surface area contributed by atoms with Gasteiger partial charge in [0.1, 0.15) is 6.04 Å². The Balaban J connectivity index is 1.60. The van der Waals surface area contributed by atoms with Crippen molar-refractivity contribution < 1.29 is 19.1 Å². The van der Waals surface area contributed by atoms with Gasteiger partial charge in [0.25, 0.3) is 5.91 Å². The van der Waals surface area contributed by atoms with Gasteiger partial charge in [-0.1, -0.05) is 37.6 Å². The summed E-state index contributed by atoms with van der Waals surface area (Å²) in [7, 11) is 1.61. The highest BCUT2D eigenvalue weighted by Gasteiger charge is 2.34. The van der Waals surface area contributed by atoms with Crippen LogP contribution in [0.2, 0.25) is 0 Å². The molecule has 1 aliphatic heterocycles. The van der Waals surface area contributed by atoms with Gasteiger partial charge in [0, 0.05) is 18.7 Å². The number of likely N-dealkylation sites (tertiary alicyclic amines) is 1. The Hall–Kier alpha value is -3.02. The predicted molar refractivity (Wildman–Crippen MR) is 116 cm³/mol. The van der Waals surface area contributed by atoms with E-state index in [-0.39, 0.29) is 11.8 Å². The van der Waals surface area contributed by atoms with Gasteiger partial charge < -0.3 is 19.7 Å². The lowest BCUT2D eigenvalue weighted by molar-refractivity contribution is -0.125. The maximum absolute atomic E-state index is 12.8. The average molecular weight is 411 g/mol. The molecule has 0 aromatic heterocycles. The van der Waals surface area contributed by atoms with E-state index in [1.165, 1.54) is 0 Å². The van der Waals surface area contributed by atoms with Crippen LogP contribution in [0.5, 0.6) is 11.5 Å².